The van der Waals surface area contributed by atoms with Crippen LogP contribution in [0.1, 0.15) is 21.0 Å². The van der Waals surface area contributed by atoms with E-state index in [1.165, 1.54) is 12.1 Å². The number of carbonyl (C=O) groups excluding carboxylic acids is 2. The zero-order valence-corrected chi connectivity index (χ0v) is 14.2. The quantitative estimate of drug-likeness (QED) is 0.494. The standard InChI is InChI=1S/2C10H7NO2.Be/c2*12-10(13)9-6-5-7-3-1-2-4-8(7)11-9;/h2*1-6H,(H,12,13);/q;;+2/p-2. The van der Waals surface area contributed by atoms with Crippen molar-refractivity contribution in [2.45, 2.75) is 0 Å². The Bertz CT molecular complexity index is 1030. The van der Waals surface area contributed by atoms with Gasteiger partial charge in [-0.05, 0) is 24.3 Å². The summed E-state index contributed by atoms with van der Waals surface area (Å²) in [6.45, 7) is 0. The summed E-state index contributed by atoms with van der Waals surface area (Å²) in [4.78, 5) is 28.8. The van der Waals surface area contributed by atoms with Crippen LogP contribution in [0.25, 0.3) is 21.8 Å². The first kappa shape index (κ1) is 19.7. The Labute approximate surface area is 158 Å². The minimum Gasteiger partial charge on any atom is -0.543 e. The summed E-state index contributed by atoms with van der Waals surface area (Å²) in [5.74, 6) is -2.49. The number of benzene rings is 2. The van der Waals surface area contributed by atoms with E-state index >= 15 is 0 Å². The molecule has 0 fully saturated rings. The van der Waals surface area contributed by atoms with Crippen molar-refractivity contribution in [1.82, 2.24) is 9.97 Å². The van der Waals surface area contributed by atoms with Crippen molar-refractivity contribution >= 4 is 43.9 Å². The molecule has 0 aliphatic rings. The molecule has 0 saturated carbocycles. The molecule has 0 unspecified atom stereocenters. The van der Waals surface area contributed by atoms with E-state index in [9.17, 15) is 19.8 Å². The zero-order chi connectivity index (χ0) is 18.5. The van der Waals surface area contributed by atoms with Crippen LogP contribution in [0.5, 0.6) is 0 Å². The molecule has 0 aliphatic heterocycles. The second kappa shape index (κ2) is 8.65. The summed E-state index contributed by atoms with van der Waals surface area (Å²) < 4.78 is 0. The van der Waals surface area contributed by atoms with E-state index in [1.807, 2.05) is 36.4 Å². The summed E-state index contributed by atoms with van der Waals surface area (Å²) in [5.41, 5.74) is 1.28. The summed E-state index contributed by atoms with van der Waals surface area (Å²) in [7, 11) is 0. The fourth-order valence-corrected chi connectivity index (χ4v) is 2.36. The largest absolute Gasteiger partial charge is 2.00 e. The van der Waals surface area contributed by atoms with E-state index in [0.29, 0.717) is 11.0 Å². The van der Waals surface area contributed by atoms with Crippen LogP contribution in [0.3, 0.4) is 0 Å². The topological polar surface area (TPSA) is 106 Å². The van der Waals surface area contributed by atoms with Gasteiger partial charge < -0.3 is 19.8 Å². The second-order valence-corrected chi connectivity index (χ2v) is 5.35. The third-order valence-corrected chi connectivity index (χ3v) is 3.62. The Morgan fingerprint density at radius 3 is 1.33 bits per heavy atom. The molecule has 0 saturated heterocycles. The van der Waals surface area contributed by atoms with Crippen molar-refractivity contribution < 1.29 is 19.8 Å². The Balaban J connectivity index is 0.000000187. The summed E-state index contributed by atoms with van der Waals surface area (Å²) >= 11 is 0. The first-order valence-corrected chi connectivity index (χ1v) is 7.69. The van der Waals surface area contributed by atoms with Gasteiger partial charge in [-0.1, -0.05) is 48.5 Å². The van der Waals surface area contributed by atoms with Gasteiger partial charge in [-0.25, -0.2) is 9.97 Å². The van der Waals surface area contributed by atoms with Gasteiger partial charge in [0.15, 0.2) is 0 Å². The average Bonchev–Trinajstić information content (AvgIpc) is 2.67. The summed E-state index contributed by atoms with van der Waals surface area (Å²) in [6, 6.07) is 21.0. The molecule has 27 heavy (non-hydrogen) atoms. The molecule has 0 amide bonds. The van der Waals surface area contributed by atoms with Crippen molar-refractivity contribution in [1.29, 1.82) is 0 Å². The predicted octanol–water partition coefficient (Wildman–Crippen LogP) is 0.816. The number of rotatable bonds is 2. The minimum absolute atomic E-state index is 0. The zero-order valence-electron chi connectivity index (χ0n) is 14.2. The smallest absolute Gasteiger partial charge is 0.543 e. The number of aromatic nitrogens is 2. The fourth-order valence-electron chi connectivity index (χ4n) is 2.36. The fraction of sp³-hybridized carbons (Fsp3) is 0. The van der Waals surface area contributed by atoms with Crippen LogP contribution in [0.2, 0.25) is 0 Å². The number of aromatic carboxylic acids is 2. The van der Waals surface area contributed by atoms with Crippen LogP contribution < -0.4 is 10.2 Å². The van der Waals surface area contributed by atoms with Gasteiger partial charge >= 0.3 is 10.1 Å². The average molecular weight is 353 g/mol. The molecule has 0 atom stereocenters. The third kappa shape index (κ3) is 4.71. The molecule has 2 heterocycles. The maximum atomic E-state index is 10.5. The number of para-hydroxylation sites is 2. The predicted molar refractivity (Wildman–Crippen MR) is 97.9 cm³/mol. The molecule has 0 aliphatic carbocycles. The normalized spacial score (nSPS) is 9.78. The van der Waals surface area contributed by atoms with Gasteiger partial charge in [0, 0.05) is 10.8 Å². The number of hydrogen-bond acceptors (Lipinski definition) is 6. The SMILES string of the molecule is O=C([O-])c1ccc2ccccc2n1.O=C([O-])c1ccc2ccccc2n1.[Be+2]. The Morgan fingerprint density at radius 2 is 0.963 bits per heavy atom. The molecule has 0 N–H and O–H groups in total. The van der Waals surface area contributed by atoms with E-state index in [-0.39, 0.29) is 21.5 Å². The van der Waals surface area contributed by atoms with Crippen LogP contribution >= 0.6 is 0 Å². The first-order chi connectivity index (χ1) is 12.5. The number of carboxylic acid groups (broad SMARTS) is 2. The third-order valence-electron chi connectivity index (χ3n) is 3.62. The van der Waals surface area contributed by atoms with Crippen LogP contribution in [0.15, 0.2) is 72.8 Å². The maximum Gasteiger partial charge on any atom is 2.00 e. The van der Waals surface area contributed by atoms with Crippen molar-refractivity contribution in [2.24, 2.45) is 0 Å². The van der Waals surface area contributed by atoms with Crippen LogP contribution in [-0.4, -0.2) is 32.0 Å². The summed E-state index contributed by atoms with van der Waals surface area (Å²) in [5, 5.41) is 22.8. The van der Waals surface area contributed by atoms with Crippen LogP contribution in [-0.2, 0) is 0 Å². The van der Waals surface area contributed by atoms with E-state index in [2.05, 4.69) is 9.97 Å². The Hall–Kier alpha value is -3.63. The molecule has 128 valence electrons. The molecule has 7 heteroatoms. The molecule has 4 rings (SSSR count). The maximum absolute atomic E-state index is 10.5. The molecule has 4 aromatic rings. The first-order valence-electron chi connectivity index (χ1n) is 7.69. The number of carbonyl (C=O) groups is 2. The Morgan fingerprint density at radius 1 is 0.593 bits per heavy atom. The molecule has 2 aromatic heterocycles. The molecule has 0 radical (unpaired) electrons. The summed E-state index contributed by atoms with van der Waals surface area (Å²) in [6.07, 6.45) is 0. The number of hydrogen-bond donors (Lipinski definition) is 0. The monoisotopic (exact) mass is 353 g/mol. The molecule has 0 spiro atoms. The van der Waals surface area contributed by atoms with E-state index in [1.54, 1.807) is 24.3 Å². The second-order valence-electron chi connectivity index (χ2n) is 5.35. The number of pyridine rings is 2. The van der Waals surface area contributed by atoms with Gasteiger partial charge in [-0.15, -0.1) is 0 Å². The number of carboxylic acids is 2. The van der Waals surface area contributed by atoms with Gasteiger partial charge in [-0.2, -0.15) is 0 Å². The minimum atomic E-state index is -1.24. The molecular formula is C20H12BeN2O4. The van der Waals surface area contributed by atoms with Gasteiger partial charge in [0.2, 0.25) is 0 Å². The molecule has 2 aromatic carbocycles. The van der Waals surface area contributed by atoms with Gasteiger partial charge in [0.25, 0.3) is 0 Å². The van der Waals surface area contributed by atoms with E-state index in [0.717, 1.165) is 10.8 Å². The molecule has 6 nitrogen and oxygen atoms in total. The van der Waals surface area contributed by atoms with E-state index < -0.39 is 11.9 Å². The van der Waals surface area contributed by atoms with Crippen molar-refractivity contribution in [2.75, 3.05) is 0 Å². The van der Waals surface area contributed by atoms with Crippen molar-refractivity contribution in [3.8, 4) is 0 Å². The Kier molecular flexibility index (Phi) is 6.31. The van der Waals surface area contributed by atoms with Crippen molar-refractivity contribution in [3.63, 3.8) is 0 Å². The van der Waals surface area contributed by atoms with Gasteiger partial charge in [0.1, 0.15) is 0 Å². The van der Waals surface area contributed by atoms with Crippen LogP contribution in [0.4, 0.5) is 0 Å². The number of fused-ring (bicyclic) bond motifs is 2. The number of nitrogens with zero attached hydrogens (tertiary/aromatic N) is 2. The van der Waals surface area contributed by atoms with Crippen molar-refractivity contribution in [3.05, 3.63) is 84.2 Å². The van der Waals surface area contributed by atoms with Gasteiger partial charge in [-0.3, -0.25) is 0 Å². The van der Waals surface area contributed by atoms with Crippen LogP contribution in [0, 0.1) is 0 Å². The van der Waals surface area contributed by atoms with Gasteiger partial charge in [0.05, 0.1) is 34.4 Å². The van der Waals surface area contributed by atoms with E-state index in [4.69, 9.17) is 0 Å². The molecular weight excluding hydrogens is 341 g/mol. The molecule has 0 bridgehead atoms.